The minimum Gasteiger partial charge on any atom is -0.369 e. The third-order valence-corrected chi connectivity index (χ3v) is 4.58. The van der Waals surface area contributed by atoms with Crippen LogP contribution in [0.1, 0.15) is 43.5 Å². The van der Waals surface area contributed by atoms with Crippen LogP contribution in [0.2, 0.25) is 0 Å². The second-order valence-electron chi connectivity index (χ2n) is 6.58. The number of piperidine rings is 1. The van der Waals surface area contributed by atoms with Gasteiger partial charge in [-0.25, -0.2) is 4.98 Å². The number of nitrogen functional groups attached to an aromatic ring is 1. The lowest BCUT2D eigenvalue weighted by Gasteiger charge is -2.35. The Balaban J connectivity index is 1.70. The number of fused-ring (bicyclic) bond motifs is 1. The zero-order valence-electron chi connectivity index (χ0n) is 13.3. The fourth-order valence-electron chi connectivity index (χ4n) is 3.32. The normalized spacial score (nSPS) is 19.9. The van der Waals surface area contributed by atoms with Gasteiger partial charge in [-0.1, -0.05) is 0 Å². The lowest BCUT2D eigenvalue weighted by Crippen LogP contribution is -2.40. The maximum absolute atomic E-state index is 12.6. The van der Waals surface area contributed by atoms with Gasteiger partial charge in [0.1, 0.15) is 0 Å². The summed E-state index contributed by atoms with van der Waals surface area (Å²) >= 11 is 0. The van der Waals surface area contributed by atoms with Gasteiger partial charge in [-0.2, -0.15) is 0 Å². The minimum atomic E-state index is 0.214. The first-order valence-corrected chi connectivity index (χ1v) is 8.05. The highest BCUT2D eigenvalue weighted by Gasteiger charge is 2.24. The van der Waals surface area contributed by atoms with E-state index >= 15 is 0 Å². The largest absolute Gasteiger partial charge is 0.369 e. The van der Waals surface area contributed by atoms with E-state index in [0.717, 1.165) is 36.1 Å². The molecule has 22 heavy (non-hydrogen) atoms. The number of aromatic nitrogens is 2. The highest BCUT2D eigenvalue weighted by atomic mass is 16.1. The van der Waals surface area contributed by atoms with E-state index in [4.69, 9.17) is 5.73 Å². The summed E-state index contributed by atoms with van der Waals surface area (Å²) in [5.74, 6) is 1.07. The van der Waals surface area contributed by atoms with Crippen molar-refractivity contribution in [3.63, 3.8) is 0 Å². The van der Waals surface area contributed by atoms with Gasteiger partial charge in [0.25, 0.3) is 0 Å². The molecule has 1 atom stereocenters. The van der Waals surface area contributed by atoms with Crippen LogP contribution in [0, 0.1) is 5.92 Å². The molecule has 3 rings (SSSR count). The maximum Gasteiger partial charge on any atom is 0.198 e. The number of carbonyl (C=O) groups excluding carboxylic acids is 1. The zero-order chi connectivity index (χ0) is 15.7. The SMILES string of the molecule is CC(C)N1CCC[C@@H](CC(=O)c2ccc3nc(N)[nH]c3c2)C1. The van der Waals surface area contributed by atoms with Crippen LogP contribution in [-0.2, 0) is 0 Å². The van der Waals surface area contributed by atoms with Crippen LogP contribution in [0.3, 0.4) is 0 Å². The topological polar surface area (TPSA) is 75.0 Å². The Morgan fingerprint density at radius 1 is 1.50 bits per heavy atom. The fraction of sp³-hybridized carbons (Fsp3) is 0.529. The van der Waals surface area contributed by atoms with Gasteiger partial charge in [-0.15, -0.1) is 0 Å². The van der Waals surface area contributed by atoms with Gasteiger partial charge in [0, 0.05) is 24.6 Å². The average Bonchev–Trinajstić information content (AvgIpc) is 2.86. The van der Waals surface area contributed by atoms with Gasteiger partial charge in [-0.05, 0) is 57.4 Å². The minimum absolute atomic E-state index is 0.214. The predicted molar refractivity (Wildman–Crippen MR) is 88.9 cm³/mol. The fourth-order valence-corrected chi connectivity index (χ4v) is 3.32. The van der Waals surface area contributed by atoms with E-state index < -0.39 is 0 Å². The first-order chi connectivity index (χ1) is 10.5. The van der Waals surface area contributed by atoms with Crippen LogP contribution in [0.5, 0.6) is 0 Å². The molecule has 5 nitrogen and oxygen atoms in total. The molecule has 0 aliphatic carbocycles. The van der Waals surface area contributed by atoms with E-state index in [-0.39, 0.29) is 5.78 Å². The number of rotatable bonds is 4. The third-order valence-electron chi connectivity index (χ3n) is 4.58. The Labute approximate surface area is 130 Å². The standard InChI is InChI=1S/C17H24N4O/c1-11(2)21-7-3-4-12(10-21)8-16(22)13-5-6-14-15(9-13)20-17(18)19-14/h5-6,9,11-12H,3-4,7-8,10H2,1-2H3,(H3,18,19,20)/t12-/m0/s1. The number of anilines is 1. The molecule has 1 aromatic carbocycles. The molecular weight excluding hydrogens is 276 g/mol. The summed E-state index contributed by atoms with van der Waals surface area (Å²) in [7, 11) is 0. The summed E-state index contributed by atoms with van der Waals surface area (Å²) in [6, 6.07) is 6.14. The zero-order valence-corrected chi connectivity index (χ0v) is 13.3. The van der Waals surface area contributed by atoms with E-state index in [1.54, 1.807) is 0 Å². The number of imidazole rings is 1. The van der Waals surface area contributed by atoms with E-state index in [1.807, 2.05) is 18.2 Å². The molecule has 2 heterocycles. The molecule has 5 heteroatoms. The van der Waals surface area contributed by atoms with E-state index in [1.165, 1.54) is 6.42 Å². The monoisotopic (exact) mass is 300 g/mol. The number of hydrogen-bond acceptors (Lipinski definition) is 4. The number of hydrogen-bond donors (Lipinski definition) is 2. The Kier molecular flexibility index (Phi) is 4.16. The van der Waals surface area contributed by atoms with Gasteiger partial charge < -0.3 is 15.6 Å². The van der Waals surface area contributed by atoms with Gasteiger partial charge in [0.05, 0.1) is 11.0 Å². The van der Waals surface area contributed by atoms with Crippen molar-refractivity contribution >= 4 is 22.8 Å². The molecule has 0 spiro atoms. The second kappa shape index (κ2) is 6.08. The summed E-state index contributed by atoms with van der Waals surface area (Å²) in [5.41, 5.74) is 8.03. The molecule has 1 saturated heterocycles. The van der Waals surface area contributed by atoms with Gasteiger partial charge in [0.15, 0.2) is 11.7 Å². The number of nitrogens with zero attached hydrogens (tertiary/aromatic N) is 2. The molecule has 1 aliphatic rings. The maximum atomic E-state index is 12.6. The van der Waals surface area contributed by atoms with E-state index in [2.05, 4.69) is 28.7 Å². The number of H-pyrrole nitrogens is 1. The summed E-state index contributed by atoms with van der Waals surface area (Å²) in [5, 5.41) is 0. The molecule has 0 unspecified atom stereocenters. The summed E-state index contributed by atoms with van der Waals surface area (Å²) in [6.45, 7) is 6.63. The molecule has 0 saturated carbocycles. The molecule has 1 fully saturated rings. The first-order valence-electron chi connectivity index (χ1n) is 8.05. The van der Waals surface area contributed by atoms with Gasteiger partial charge in [0.2, 0.25) is 0 Å². The highest BCUT2D eigenvalue weighted by molar-refractivity contribution is 5.99. The molecule has 0 bridgehead atoms. The van der Waals surface area contributed by atoms with E-state index in [0.29, 0.717) is 24.3 Å². The van der Waals surface area contributed by atoms with Crippen LogP contribution in [0.25, 0.3) is 11.0 Å². The lowest BCUT2D eigenvalue weighted by molar-refractivity contribution is 0.0890. The summed E-state index contributed by atoms with van der Waals surface area (Å²) in [4.78, 5) is 22.2. The van der Waals surface area contributed by atoms with Crippen LogP contribution < -0.4 is 5.73 Å². The van der Waals surface area contributed by atoms with E-state index in [9.17, 15) is 4.79 Å². The molecule has 0 radical (unpaired) electrons. The molecular formula is C17H24N4O. The third kappa shape index (κ3) is 3.14. The van der Waals surface area contributed by atoms with Crippen molar-refractivity contribution in [2.45, 2.75) is 39.2 Å². The number of carbonyl (C=O) groups is 1. The van der Waals surface area contributed by atoms with Crippen molar-refractivity contribution in [1.29, 1.82) is 0 Å². The predicted octanol–water partition coefficient (Wildman–Crippen LogP) is 2.84. The number of Topliss-reactive ketones (excluding diaryl/α,β-unsaturated/α-hetero) is 1. The van der Waals surface area contributed by atoms with Gasteiger partial charge in [-0.3, -0.25) is 4.79 Å². The number of ketones is 1. The Hall–Kier alpha value is -1.88. The van der Waals surface area contributed by atoms with Crippen LogP contribution in [0.15, 0.2) is 18.2 Å². The summed E-state index contributed by atoms with van der Waals surface area (Å²) < 4.78 is 0. The van der Waals surface area contributed by atoms with Crippen LogP contribution >= 0.6 is 0 Å². The quantitative estimate of drug-likeness (QED) is 0.851. The Morgan fingerprint density at radius 3 is 3.09 bits per heavy atom. The number of benzene rings is 1. The lowest BCUT2D eigenvalue weighted by atomic mass is 9.90. The number of nitrogens with one attached hydrogen (secondary N) is 1. The number of likely N-dealkylation sites (tertiary alicyclic amines) is 1. The number of nitrogens with two attached hydrogens (primary N) is 1. The number of aromatic amines is 1. The van der Waals surface area contributed by atoms with Gasteiger partial charge >= 0.3 is 0 Å². The smallest absolute Gasteiger partial charge is 0.198 e. The van der Waals surface area contributed by atoms with Crippen molar-refractivity contribution in [3.8, 4) is 0 Å². The van der Waals surface area contributed by atoms with Crippen molar-refractivity contribution in [2.24, 2.45) is 5.92 Å². The van der Waals surface area contributed by atoms with Crippen molar-refractivity contribution in [3.05, 3.63) is 23.8 Å². The summed E-state index contributed by atoms with van der Waals surface area (Å²) in [6.07, 6.45) is 2.96. The molecule has 3 N–H and O–H groups in total. The molecule has 1 aliphatic heterocycles. The highest BCUT2D eigenvalue weighted by Crippen LogP contribution is 2.24. The van der Waals surface area contributed by atoms with Crippen molar-refractivity contribution in [1.82, 2.24) is 14.9 Å². The van der Waals surface area contributed by atoms with Crippen LogP contribution in [0.4, 0.5) is 5.95 Å². The van der Waals surface area contributed by atoms with Crippen LogP contribution in [-0.4, -0.2) is 39.8 Å². The van der Waals surface area contributed by atoms with Crippen molar-refractivity contribution in [2.75, 3.05) is 18.8 Å². The van der Waals surface area contributed by atoms with Crippen molar-refractivity contribution < 1.29 is 4.79 Å². The second-order valence-corrected chi connectivity index (χ2v) is 6.58. The average molecular weight is 300 g/mol. The molecule has 0 amide bonds. The Morgan fingerprint density at radius 2 is 2.32 bits per heavy atom. The first kappa shape index (κ1) is 15.0. The molecule has 2 aromatic rings. The molecule has 1 aromatic heterocycles. The Bertz CT molecular complexity index is 676. The molecule has 118 valence electrons.